The van der Waals surface area contributed by atoms with Gasteiger partial charge in [-0.2, -0.15) is 0 Å². The predicted molar refractivity (Wildman–Crippen MR) is 78.1 cm³/mol. The van der Waals surface area contributed by atoms with Crippen molar-refractivity contribution in [3.8, 4) is 0 Å². The fourth-order valence-electron chi connectivity index (χ4n) is 2.71. The van der Waals surface area contributed by atoms with Gasteiger partial charge in [0.2, 0.25) is 0 Å². The molecule has 0 amide bonds. The molecule has 1 aromatic heterocycles. The van der Waals surface area contributed by atoms with Crippen molar-refractivity contribution in [3.05, 3.63) is 23.7 Å². The van der Waals surface area contributed by atoms with E-state index in [1.165, 1.54) is 31.5 Å². The molecule has 4 nitrogen and oxygen atoms in total. The maximum Gasteiger partial charge on any atom is 0.122 e. The van der Waals surface area contributed by atoms with Gasteiger partial charge in [-0.3, -0.25) is 4.90 Å². The fraction of sp³-hybridized carbons (Fsp3) is 0.733. The Morgan fingerprint density at radius 2 is 2.16 bits per heavy atom. The molecule has 1 aliphatic heterocycles. The summed E-state index contributed by atoms with van der Waals surface area (Å²) in [4.78, 5) is 4.86. The third-order valence-corrected chi connectivity index (χ3v) is 4.11. The number of hydrogen-bond acceptors (Lipinski definition) is 4. The van der Waals surface area contributed by atoms with E-state index in [-0.39, 0.29) is 0 Å². The van der Waals surface area contributed by atoms with Gasteiger partial charge in [0.15, 0.2) is 0 Å². The van der Waals surface area contributed by atoms with Crippen molar-refractivity contribution in [3.63, 3.8) is 0 Å². The molecule has 0 aliphatic carbocycles. The molecule has 1 fully saturated rings. The first-order valence-corrected chi connectivity index (χ1v) is 7.35. The molecule has 19 heavy (non-hydrogen) atoms. The van der Waals surface area contributed by atoms with E-state index < -0.39 is 0 Å². The molecule has 0 aromatic carbocycles. The number of nitrogens with one attached hydrogen (secondary N) is 1. The summed E-state index contributed by atoms with van der Waals surface area (Å²) < 4.78 is 5.65. The van der Waals surface area contributed by atoms with Crippen LogP contribution in [0.15, 0.2) is 16.7 Å². The summed E-state index contributed by atoms with van der Waals surface area (Å²) in [5.41, 5.74) is 1.29. The minimum Gasteiger partial charge on any atom is -0.468 e. The molecule has 0 spiro atoms. The van der Waals surface area contributed by atoms with E-state index in [2.05, 4.69) is 42.2 Å². The van der Waals surface area contributed by atoms with Crippen LogP contribution in [0.3, 0.4) is 0 Å². The lowest BCUT2D eigenvalue weighted by atomic mass is 10.0. The van der Waals surface area contributed by atoms with Crippen LogP contribution in [0.2, 0.25) is 0 Å². The van der Waals surface area contributed by atoms with Crippen LogP contribution in [0, 0.1) is 0 Å². The number of hydrogen-bond donors (Lipinski definition) is 1. The maximum absolute atomic E-state index is 5.65. The molecule has 0 radical (unpaired) electrons. The van der Waals surface area contributed by atoms with Crippen molar-refractivity contribution < 1.29 is 4.42 Å². The quantitative estimate of drug-likeness (QED) is 0.851. The maximum atomic E-state index is 5.65. The van der Waals surface area contributed by atoms with Gasteiger partial charge in [-0.05, 0) is 52.6 Å². The predicted octanol–water partition coefficient (Wildman–Crippen LogP) is 1.92. The third kappa shape index (κ3) is 4.06. The SMILES string of the molecule is CCNCc1ccoc1CN(C)C1CCN(C)CC1. The van der Waals surface area contributed by atoms with E-state index in [4.69, 9.17) is 4.42 Å². The zero-order valence-electron chi connectivity index (χ0n) is 12.5. The summed E-state index contributed by atoms with van der Waals surface area (Å²) in [7, 11) is 4.42. The van der Waals surface area contributed by atoms with Gasteiger partial charge in [0.05, 0.1) is 12.8 Å². The highest BCUT2D eigenvalue weighted by molar-refractivity contribution is 5.16. The van der Waals surface area contributed by atoms with Crippen LogP contribution in [0.4, 0.5) is 0 Å². The zero-order valence-corrected chi connectivity index (χ0v) is 12.5. The molecular formula is C15H27N3O. The van der Waals surface area contributed by atoms with Gasteiger partial charge >= 0.3 is 0 Å². The first kappa shape index (κ1) is 14.6. The molecule has 108 valence electrons. The topological polar surface area (TPSA) is 31.7 Å². The van der Waals surface area contributed by atoms with Gasteiger partial charge in [0, 0.05) is 18.2 Å². The summed E-state index contributed by atoms with van der Waals surface area (Å²) >= 11 is 0. The van der Waals surface area contributed by atoms with Crippen LogP contribution in [0.25, 0.3) is 0 Å². The zero-order chi connectivity index (χ0) is 13.7. The van der Waals surface area contributed by atoms with E-state index >= 15 is 0 Å². The lowest BCUT2D eigenvalue weighted by Gasteiger charge is -2.34. The molecule has 4 heteroatoms. The Bertz CT molecular complexity index is 369. The van der Waals surface area contributed by atoms with Gasteiger partial charge in [-0.1, -0.05) is 6.92 Å². The Morgan fingerprint density at radius 1 is 1.42 bits per heavy atom. The van der Waals surface area contributed by atoms with Gasteiger partial charge in [0.1, 0.15) is 5.76 Å². The van der Waals surface area contributed by atoms with Crippen molar-refractivity contribution in [1.82, 2.24) is 15.1 Å². The Kier molecular flexibility index (Phi) is 5.43. The van der Waals surface area contributed by atoms with Crippen LogP contribution < -0.4 is 5.32 Å². The van der Waals surface area contributed by atoms with Crippen molar-refractivity contribution in [1.29, 1.82) is 0 Å². The van der Waals surface area contributed by atoms with Crippen LogP contribution in [-0.4, -0.2) is 49.6 Å². The highest BCUT2D eigenvalue weighted by Crippen LogP contribution is 2.19. The Hall–Kier alpha value is -0.840. The van der Waals surface area contributed by atoms with E-state index in [9.17, 15) is 0 Å². The summed E-state index contributed by atoms with van der Waals surface area (Å²) in [6.07, 6.45) is 4.33. The first-order valence-electron chi connectivity index (χ1n) is 7.35. The van der Waals surface area contributed by atoms with Crippen molar-refractivity contribution in [2.24, 2.45) is 0 Å². The third-order valence-electron chi connectivity index (χ3n) is 4.11. The number of nitrogens with zero attached hydrogens (tertiary/aromatic N) is 2. The van der Waals surface area contributed by atoms with Gasteiger partial charge in [0.25, 0.3) is 0 Å². The van der Waals surface area contributed by atoms with E-state index in [1.807, 2.05) is 6.26 Å². The summed E-state index contributed by atoms with van der Waals surface area (Å²) in [5, 5.41) is 3.36. The molecule has 1 aliphatic rings. The molecule has 0 unspecified atom stereocenters. The number of furan rings is 1. The highest BCUT2D eigenvalue weighted by Gasteiger charge is 2.21. The summed E-state index contributed by atoms with van der Waals surface area (Å²) in [6.45, 7) is 7.36. The summed E-state index contributed by atoms with van der Waals surface area (Å²) in [6, 6.07) is 2.77. The van der Waals surface area contributed by atoms with E-state index in [1.54, 1.807) is 0 Å². The molecule has 0 bridgehead atoms. The van der Waals surface area contributed by atoms with Gasteiger partial charge in [-0.15, -0.1) is 0 Å². The van der Waals surface area contributed by atoms with Crippen molar-refractivity contribution in [2.45, 2.75) is 38.9 Å². The molecule has 0 atom stereocenters. The minimum absolute atomic E-state index is 0.688. The molecule has 1 saturated heterocycles. The van der Waals surface area contributed by atoms with E-state index in [0.29, 0.717) is 6.04 Å². The molecule has 2 heterocycles. The average molecular weight is 265 g/mol. The summed E-state index contributed by atoms with van der Waals surface area (Å²) in [5.74, 6) is 1.11. The molecule has 0 saturated carbocycles. The molecule has 1 N–H and O–H groups in total. The molecule has 1 aromatic rings. The molecular weight excluding hydrogens is 238 g/mol. The second-order valence-corrected chi connectivity index (χ2v) is 5.60. The van der Waals surface area contributed by atoms with E-state index in [0.717, 1.165) is 25.4 Å². The van der Waals surface area contributed by atoms with Crippen LogP contribution in [-0.2, 0) is 13.1 Å². The van der Waals surface area contributed by atoms with Crippen LogP contribution >= 0.6 is 0 Å². The Morgan fingerprint density at radius 3 is 2.84 bits per heavy atom. The Balaban J connectivity index is 1.87. The standard InChI is InChI=1S/C15H27N3O/c1-4-16-11-13-7-10-19-15(13)12-18(3)14-5-8-17(2)9-6-14/h7,10,14,16H,4-6,8-9,11-12H2,1-3H3. The fourth-order valence-corrected chi connectivity index (χ4v) is 2.71. The average Bonchev–Trinajstić information content (AvgIpc) is 2.84. The second kappa shape index (κ2) is 7.08. The monoisotopic (exact) mass is 265 g/mol. The smallest absolute Gasteiger partial charge is 0.122 e. The normalized spacial score (nSPS) is 18.3. The first-order chi connectivity index (χ1) is 9.20. The number of rotatable bonds is 6. The van der Waals surface area contributed by atoms with Crippen molar-refractivity contribution in [2.75, 3.05) is 33.7 Å². The van der Waals surface area contributed by atoms with Gasteiger partial charge in [-0.25, -0.2) is 0 Å². The largest absolute Gasteiger partial charge is 0.468 e. The second-order valence-electron chi connectivity index (χ2n) is 5.60. The van der Waals surface area contributed by atoms with Gasteiger partial charge < -0.3 is 14.6 Å². The number of likely N-dealkylation sites (tertiary alicyclic amines) is 1. The van der Waals surface area contributed by atoms with Crippen molar-refractivity contribution >= 4 is 0 Å². The van der Waals surface area contributed by atoms with Crippen LogP contribution in [0.1, 0.15) is 31.1 Å². The number of piperidine rings is 1. The van der Waals surface area contributed by atoms with Crippen LogP contribution in [0.5, 0.6) is 0 Å². The lowest BCUT2D eigenvalue weighted by Crippen LogP contribution is -2.41. The molecule has 2 rings (SSSR count). The lowest BCUT2D eigenvalue weighted by molar-refractivity contribution is 0.132. The Labute approximate surface area is 116 Å². The highest BCUT2D eigenvalue weighted by atomic mass is 16.3. The minimum atomic E-state index is 0.688.